The largest absolute Gasteiger partial charge is 0.494 e. The molecule has 1 heterocycles. The molecule has 0 fully saturated rings. The smallest absolute Gasteiger partial charge is 0.236 e. The Balaban J connectivity index is 1.26. The molecule has 0 aliphatic carbocycles. The van der Waals surface area contributed by atoms with Crippen molar-refractivity contribution in [2.75, 3.05) is 28.3 Å². The summed E-state index contributed by atoms with van der Waals surface area (Å²) >= 11 is 8.25. The second-order valence-corrected chi connectivity index (χ2v) is 9.38. The van der Waals surface area contributed by atoms with Crippen LogP contribution in [0.5, 0.6) is 5.75 Å². The van der Waals surface area contributed by atoms with Crippen LogP contribution in [0.3, 0.4) is 0 Å². The zero-order chi connectivity index (χ0) is 23.0. The van der Waals surface area contributed by atoms with Crippen LogP contribution in [0.25, 0.3) is 10.2 Å². The van der Waals surface area contributed by atoms with E-state index in [0.29, 0.717) is 22.6 Å². The summed E-state index contributed by atoms with van der Waals surface area (Å²) in [6, 6.07) is 23.3. The number of amides is 1. The van der Waals surface area contributed by atoms with E-state index in [4.69, 9.17) is 17.0 Å². The number of para-hydroxylation sites is 1. The van der Waals surface area contributed by atoms with Crippen molar-refractivity contribution >= 4 is 73.1 Å². The van der Waals surface area contributed by atoms with E-state index in [1.807, 2.05) is 79.7 Å². The van der Waals surface area contributed by atoms with Gasteiger partial charge in [0.1, 0.15) is 5.75 Å². The number of carbonyl (C=O) groups excluding carboxylic acids is 1. The Bertz CT molecular complexity index is 1240. The summed E-state index contributed by atoms with van der Waals surface area (Å²) in [5, 5.41) is 10.3. The van der Waals surface area contributed by atoms with Crippen molar-refractivity contribution in [2.45, 2.75) is 11.8 Å². The van der Waals surface area contributed by atoms with Crippen molar-refractivity contribution in [3.05, 3.63) is 72.8 Å². The zero-order valence-electron chi connectivity index (χ0n) is 17.8. The highest BCUT2D eigenvalue weighted by Crippen LogP contribution is 2.29. The van der Waals surface area contributed by atoms with Crippen LogP contribution in [0.4, 0.5) is 16.5 Å². The first-order chi connectivity index (χ1) is 16.1. The standard InChI is InChI=1S/C24H22N4O2S3/c1-2-30-18-10-13-20-21(14-18)33-24(27-20)28-22(29)15-32-19-11-8-17(9-12-19)26-23(31)25-16-6-4-3-5-7-16/h3-14H,2,15H2,1H3,(H2,25,26,31)(H,27,28,29). The molecule has 0 bridgehead atoms. The predicted octanol–water partition coefficient (Wildman–Crippen LogP) is 6.23. The lowest BCUT2D eigenvalue weighted by Gasteiger charge is -2.11. The average molecular weight is 495 g/mol. The maximum atomic E-state index is 12.4. The van der Waals surface area contributed by atoms with E-state index < -0.39 is 0 Å². The molecule has 3 N–H and O–H groups in total. The van der Waals surface area contributed by atoms with E-state index in [-0.39, 0.29) is 5.91 Å². The van der Waals surface area contributed by atoms with Crippen LogP contribution in [-0.4, -0.2) is 28.4 Å². The van der Waals surface area contributed by atoms with Crippen molar-refractivity contribution < 1.29 is 9.53 Å². The third-order valence-corrected chi connectivity index (χ3v) is 6.58. The van der Waals surface area contributed by atoms with Gasteiger partial charge >= 0.3 is 0 Å². The Morgan fingerprint density at radius 1 is 1.00 bits per heavy atom. The molecule has 0 aliphatic heterocycles. The lowest BCUT2D eigenvalue weighted by Crippen LogP contribution is -2.18. The van der Waals surface area contributed by atoms with Crippen LogP contribution in [0, 0.1) is 0 Å². The van der Waals surface area contributed by atoms with E-state index >= 15 is 0 Å². The first-order valence-electron chi connectivity index (χ1n) is 10.3. The fourth-order valence-electron chi connectivity index (χ4n) is 2.97. The third kappa shape index (κ3) is 6.67. The quantitative estimate of drug-likeness (QED) is 0.198. The minimum atomic E-state index is -0.0977. The number of nitrogens with zero attached hydrogens (tertiary/aromatic N) is 1. The third-order valence-electron chi connectivity index (χ3n) is 4.43. The molecular weight excluding hydrogens is 472 g/mol. The van der Waals surface area contributed by atoms with Gasteiger partial charge in [-0.2, -0.15) is 0 Å². The Labute approximate surface area is 205 Å². The van der Waals surface area contributed by atoms with E-state index in [2.05, 4.69) is 20.9 Å². The van der Waals surface area contributed by atoms with Crippen molar-refractivity contribution in [1.82, 2.24) is 4.98 Å². The Kier molecular flexibility index (Phi) is 7.77. The average Bonchev–Trinajstić information content (AvgIpc) is 3.21. The van der Waals surface area contributed by atoms with Gasteiger partial charge in [-0.25, -0.2) is 4.98 Å². The number of carbonyl (C=O) groups is 1. The van der Waals surface area contributed by atoms with Crippen LogP contribution >= 0.6 is 35.3 Å². The lowest BCUT2D eigenvalue weighted by atomic mass is 10.3. The molecule has 0 spiro atoms. The predicted molar refractivity (Wildman–Crippen MR) is 143 cm³/mol. The number of thiocarbonyl (C=S) groups is 1. The first kappa shape index (κ1) is 23.0. The molecule has 0 saturated carbocycles. The second-order valence-electron chi connectivity index (χ2n) is 6.89. The molecule has 3 aromatic carbocycles. The number of nitrogens with one attached hydrogen (secondary N) is 3. The SMILES string of the molecule is CCOc1ccc2nc(NC(=O)CSc3ccc(NC(=S)Nc4ccccc4)cc3)sc2c1. The van der Waals surface area contributed by atoms with Crippen LogP contribution in [0.15, 0.2) is 77.7 Å². The molecule has 0 radical (unpaired) electrons. The minimum Gasteiger partial charge on any atom is -0.494 e. The van der Waals surface area contributed by atoms with Crippen molar-refractivity contribution in [2.24, 2.45) is 0 Å². The summed E-state index contributed by atoms with van der Waals surface area (Å²) in [5.74, 6) is 0.997. The molecule has 4 aromatic rings. The maximum Gasteiger partial charge on any atom is 0.236 e. The van der Waals surface area contributed by atoms with Crippen LogP contribution in [0.1, 0.15) is 6.92 Å². The Morgan fingerprint density at radius 3 is 2.45 bits per heavy atom. The van der Waals surface area contributed by atoms with Gasteiger partial charge in [-0.15, -0.1) is 11.8 Å². The molecule has 1 aromatic heterocycles. The highest BCUT2D eigenvalue weighted by Gasteiger charge is 2.10. The molecule has 0 unspecified atom stereocenters. The summed E-state index contributed by atoms with van der Waals surface area (Å²) in [6.45, 7) is 2.56. The number of rotatable bonds is 8. The van der Waals surface area contributed by atoms with Crippen molar-refractivity contribution in [1.29, 1.82) is 0 Å². The first-order valence-corrected chi connectivity index (χ1v) is 12.5. The summed E-state index contributed by atoms with van der Waals surface area (Å²) in [4.78, 5) is 17.9. The van der Waals surface area contributed by atoms with Gasteiger partial charge in [-0.3, -0.25) is 4.79 Å². The summed E-state index contributed by atoms with van der Waals surface area (Å²) in [6.07, 6.45) is 0. The van der Waals surface area contributed by atoms with E-state index in [9.17, 15) is 4.79 Å². The van der Waals surface area contributed by atoms with Crippen LogP contribution in [-0.2, 0) is 4.79 Å². The molecule has 6 nitrogen and oxygen atoms in total. The number of aromatic nitrogens is 1. The number of hydrogen-bond donors (Lipinski definition) is 3. The minimum absolute atomic E-state index is 0.0977. The van der Waals surface area contributed by atoms with Gasteiger partial charge < -0.3 is 20.7 Å². The number of anilines is 3. The fourth-order valence-corrected chi connectivity index (χ4v) is 4.81. The van der Waals surface area contributed by atoms with Crippen LogP contribution < -0.4 is 20.7 Å². The molecule has 33 heavy (non-hydrogen) atoms. The second kappa shape index (κ2) is 11.1. The van der Waals surface area contributed by atoms with Gasteiger partial charge in [0.05, 0.1) is 22.6 Å². The zero-order valence-corrected chi connectivity index (χ0v) is 20.3. The van der Waals surface area contributed by atoms with Crippen molar-refractivity contribution in [3.8, 4) is 5.75 Å². The number of ether oxygens (including phenoxy) is 1. The number of thiazole rings is 1. The summed E-state index contributed by atoms with van der Waals surface area (Å²) in [5.41, 5.74) is 2.64. The molecule has 9 heteroatoms. The number of thioether (sulfide) groups is 1. The maximum absolute atomic E-state index is 12.4. The molecule has 1 amide bonds. The number of hydrogen-bond acceptors (Lipinski definition) is 6. The molecule has 0 atom stereocenters. The lowest BCUT2D eigenvalue weighted by molar-refractivity contribution is -0.113. The van der Waals surface area contributed by atoms with Gasteiger partial charge in [0, 0.05) is 16.3 Å². The highest BCUT2D eigenvalue weighted by atomic mass is 32.2. The highest BCUT2D eigenvalue weighted by molar-refractivity contribution is 8.00. The molecular formula is C24H22N4O2S3. The van der Waals surface area contributed by atoms with Gasteiger partial charge in [-0.05, 0) is 73.7 Å². The van der Waals surface area contributed by atoms with Gasteiger partial charge in [-0.1, -0.05) is 29.5 Å². The van der Waals surface area contributed by atoms with E-state index in [1.165, 1.54) is 23.1 Å². The molecule has 0 saturated heterocycles. The Morgan fingerprint density at radius 2 is 1.73 bits per heavy atom. The molecule has 168 valence electrons. The summed E-state index contributed by atoms with van der Waals surface area (Å²) in [7, 11) is 0. The summed E-state index contributed by atoms with van der Waals surface area (Å²) < 4.78 is 6.50. The van der Waals surface area contributed by atoms with E-state index in [0.717, 1.165) is 32.2 Å². The fraction of sp³-hybridized carbons (Fsp3) is 0.125. The monoisotopic (exact) mass is 494 g/mol. The number of fused-ring (bicyclic) bond motifs is 1. The normalized spacial score (nSPS) is 10.6. The molecule has 4 rings (SSSR count). The van der Waals surface area contributed by atoms with Gasteiger partial charge in [0.15, 0.2) is 10.2 Å². The van der Waals surface area contributed by atoms with Gasteiger partial charge in [0.2, 0.25) is 5.91 Å². The van der Waals surface area contributed by atoms with Crippen molar-refractivity contribution in [3.63, 3.8) is 0 Å². The van der Waals surface area contributed by atoms with Crippen LogP contribution in [0.2, 0.25) is 0 Å². The molecule has 0 aliphatic rings. The number of benzene rings is 3. The van der Waals surface area contributed by atoms with Gasteiger partial charge in [0.25, 0.3) is 0 Å². The Hall–Kier alpha value is -3.14. The van der Waals surface area contributed by atoms with E-state index in [1.54, 1.807) is 0 Å². The topological polar surface area (TPSA) is 75.3 Å².